The molecule has 23 heavy (non-hydrogen) atoms. The van der Waals surface area contributed by atoms with E-state index >= 15 is 0 Å². The monoisotopic (exact) mass is 313 g/mol. The first-order valence-corrected chi connectivity index (χ1v) is 8.76. The molecule has 0 radical (unpaired) electrons. The second-order valence-corrected chi connectivity index (χ2v) is 6.94. The van der Waals surface area contributed by atoms with Crippen LogP contribution in [0.15, 0.2) is 24.3 Å². The summed E-state index contributed by atoms with van der Waals surface area (Å²) in [5, 5.41) is 1.04. The third kappa shape index (κ3) is 2.92. The largest absolute Gasteiger partial charge is 0.355 e. The normalized spacial score (nSPS) is 22.9. The van der Waals surface area contributed by atoms with E-state index in [1.165, 1.54) is 50.4 Å². The molecule has 2 aromatic rings. The van der Waals surface area contributed by atoms with Gasteiger partial charge in [-0.25, -0.2) is 9.37 Å². The standard InChI is InChI=1S/C19H24FN3/c1-14-11-19(21-18-12-15(20)5-6-17(14)18)23-10-7-16(13-23)22-8-3-2-4-9-22/h5-6,11-12,16H,2-4,7-10,13H2,1H3. The first-order chi connectivity index (χ1) is 11.2. The quantitative estimate of drug-likeness (QED) is 0.842. The van der Waals surface area contributed by atoms with Gasteiger partial charge in [0.15, 0.2) is 0 Å². The maximum Gasteiger partial charge on any atom is 0.129 e. The first kappa shape index (κ1) is 14.9. The molecular weight excluding hydrogens is 289 g/mol. The topological polar surface area (TPSA) is 19.4 Å². The van der Waals surface area contributed by atoms with E-state index in [0.717, 1.165) is 29.8 Å². The number of aryl methyl sites for hydroxylation is 1. The van der Waals surface area contributed by atoms with E-state index in [1.807, 2.05) is 6.07 Å². The number of hydrogen-bond donors (Lipinski definition) is 0. The van der Waals surface area contributed by atoms with Gasteiger partial charge in [0, 0.05) is 30.6 Å². The van der Waals surface area contributed by atoms with Gasteiger partial charge in [-0.3, -0.25) is 4.90 Å². The summed E-state index contributed by atoms with van der Waals surface area (Å²) in [5.74, 6) is 0.786. The van der Waals surface area contributed by atoms with Crippen LogP contribution in [0.2, 0.25) is 0 Å². The lowest BCUT2D eigenvalue weighted by atomic mass is 10.1. The van der Waals surface area contributed by atoms with E-state index in [1.54, 1.807) is 6.07 Å². The van der Waals surface area contributed by atoms with Crippen LogP contribution in [0.3, 0.4) is 0 Å². The highest BCUT2D eigenvalue weighted by Gasteiger charge is 2.29. The van der Waals surface area contributed by atoms with E-state index in [-0.39, 0.29) is 5.82 Å². The Kier molecular flexibility index (Phi) is 3.93. The molecule has 2 aliphatic rings. The van der Waals surface area contributed by atoms with Gasteiger partial charge in [0.05, 0.1) is 5.52 Å². The molecule has 2 saturated heterocycles. The summed E-state index contributed by atoms with van der Waals surface area (Å²) in [4.78, 5) is 9.75. The minimum absolute atomic E-state index is 0.214. The van der Waals surface area contributed by atoms with Crippen molar-refractivity contribution in [1.29, 1.82) is 0 Å². The lowest BCUT2D eigenvalue weighted by molar-refractivity contribution is 0.175. The smallest absolute Gasteiger partial charge is 0.129 e. The van der Waals surface area contributed by atoms with Gasteiger partial charge in [0.1, 0.15) is 11.6 Å². The molecular formula is C19H24FN3. The van der Waals surface area contributed by atoms with E-state index < -0.39 is 0 Å². The molecule has 122 valence electrons. The SMILES string of the molecule is Cc1cc(N2CCC(N3CCCCC3)C2)nc2cc(F)ccc12. The molecule has 0 spiro atoms. The van der Waals surface area contributed by atoms with Gasteiger partial charge in [-0.1, -0.05) is 6.42 Å². The highest BCUT2D eigenvalue weighted by atomic mass is 19.1. The number of likely N-dealkylation sites (tertiary alicyclic amines) is 1. The van der Waals surface area contributed by atoms with Crippen LogP contribution < -0.4 is 4.90 Å². The molecule has 0 amide bonds. The third-order valence-corrected chi connectivity index (χ3v) is 5.36. The Morgan fingerprint density at radius 3 is 2.74 bits per heavy atom. The van der Waals surface area contributed by atoms with Crippen LogP contribution in [0.4, 0.5) is 10.2 Å². The van der Waals surface area contributed by atoms with Crippen LogP contribution in [0.1, 0.15) is 31.2 Å². The van der Waals surface area contributed by atoms with E-state index in [0.29, 0.717) is 6.04 Å². The molecule has 4 heteroatoms. The van der Waals surface area contributed by atoms with Gasteiger partial charge in [0.2, 0.25) is 0 Å². The van der Waals surface area contributed by atoms with Crippen LogP contribution in [0, 0.1) is 12.7 Å². The summed E-state index contributed by atoms with van der Waals surface area (Å²) >= 11 is 0. The number of anilines is 1. The number of rotatable bonds is 2. The maximum atomic E-state index is 13.5. The van der Waals surface area contributed by atoms with Crippen LogP contribution in [0.5, 0.6) is 0 Å². The van der Waals surface area contributed by atoms with Crippen molar-refractivity contribution in [3.05, 3.63) is 35.6 Å². The Labute approximate surface area is 137 Å². The molecule has 0 saturated carbocycles. The number of aromatic nitrogens is 1. The molecule has 1 aromatic heterocycles. The minimum Gasteiger partial charge on any atom is -0.355 e. The number of piperidine rings is 1. The second-order valence-electron chi connectivity index (χ2n) is 6.94. The van der Waals surface area contributed by atoms with Gasteiger partial charge in [-0.15, -0.1) is 0 Å². The van der Waals surface area contributed by atoms with Crippen molar-refractivity contribution >= 4 is 16.7 Å². The third-order valence-electron chi connectivity index (χ3n) is 5.36. The van der Waals surface area contributed by atoms with Crippen molar-refractivity contribution in [1.82, 2.24) is 9.88 Å². The van der Waals surface area contributed by atoms with Crippen molar-refractivity contribution in [3.8, 4) is 0 Å². The van der Waals surface area contributed by atoms with Gasteiger partial charge in [-0.05, 0) is 63.0 Å². The first-order valence-electron chi connectivity index (χ1n) is 8.76. The van der Waals surface area contributed by atoms with E-state index in [9.17, 15) is 4.39 Å². The molecule has 4 rings (SSSR count). The molecule has 0 bridgehead atoms. The van der Waals surface area contributed by atoms with Crippen LogP contribution in [-0.4, -0.2) is 42.1 Å². The van der Waals surface area contributed by atoms with E-state index in [4.69, 9.17) is 4.98 Å². The molecule has 0 aliphatic carbocycles. The summed E-state index contributed by atoms with van der Waals surface area (Å²) in [5.41, 5.74) is 1.94. The molecule has 3 heterocycles. The fourth-order valence-corrected chi connectivity index (χ4v) is 4.05. The summed E-state index contributed by atoms with van der Waals surface area (Å²) < 4.78 is 13.5. The van der Waals surface area contributed by atoms with Gasteiger partial charge in [-0.2, -0.15) is 0 Å². The van der Waals surface area contributed by atoms with E-state index in [2.05, 4.69) is 22.8 Å². The van der Waals surface area contributed by atoms with Gasteiger partial charge >= 0.3 is 0 Å². The lowest BCUT2D eigenvalue weighted by Crippen LogP contribution is -2.40. The molecule has 1 unspecified atom stereocenters. The number of fused-ring (bicyclic) bond motifs is 1. The van der Waals surface area contributed by atoms with Crippen molar-refractivity contribution in [2.24, 2.45) is 0 Å². The number of halogens is 1. The van der Waals surface area contributed by atoms with Crippen molar-refractivity contribution < 1.29 is 4.39 Å². The molecule has 1 aromatic carbocycles. The predicted molar refractivity (Wildman–Crippen MR) is 92.5 cm³/mol. The molecule has 1 atom stereocenters. The highest BCUT2D eigenvalue weighted by Crippen LogP contribution is 2.27. The average Bonchev–Trinajstić information content (AvgIpc) is 3.05. The fourth-order valence-electron chi connectivity index (χ4n) is 4.05. The Balaban J connectivity index is 1.57. The van der Waals surface area contributed by atoms with Crippen molar-refractivity contribution in [2.75, 3.05) is 31.1 Å². The summed E-state index contributed by atoms with van der Waals surface area (Å²) in [6.07, 6.45) is 5.26. The minimum atomic E-state index is -0.214. The van der Waals surface area contributed by atoms with Crippen LogP contribution in [0.25, 0.3) is 10.9 Å². The Morgan fingerprint density at radius 1 is 1.09 bits per heavy atom. The fraction of sp³-hybridized carbons (Fsp3) is 0.526. The Morgan fingerprint density at radius 2 is 1.91 bits per heavy atom. The zero-order valence-electron chi connectivity index (χ0n) is 13.8. The molecule has 2 aliphatic heterocycles. The van der Waals surface area contributed by atoms with Gasteiger partial charge < -0.3 is 4.90 Å². The summed E-state index contributed by atoms with van der Waals surface area (Å²) in [6.45, 7) is 6.67. The van der Waals surface area contributed by atoms with Gasteiger partial charge in [0.25, 0.3) is 0 Å². The Bertz CT molecular complexity index is 709. The zero-order chi connectivity index (χ0) is 15.8. The predicted octanol–water partition coefficient (Wildman–Crippen LogP) is 3.75. The highest BCUT2D eigenvalue weighted by molar-refractivity contribution is 5.84. The zero-order valence-corrected chi connectivity index (χ0v) is 13.8. The number of nitrogens with zero attached hydrogens (tertiary/aromatic N) is 3. The number of benzene rings is 1. The Hall–Kier alpha value is -1.68. The van der Waals surface area contributed by atoms with Crippen molar-refractivity contribution in [2.45, 2.75) is 38.6 Å². The number of pyridine rings is 1. The van der Waals surface area contributed by atoms with Crippen LogP contribution >= 0.6 is 0 Å². The molecule has 3 nitrogen and oxygen atoms in total. The van der Waals surface area contributed by atoms with Crippen molar-refractivity contribution in [3.63, 3.8) is 0 Å². The number of hydrogen-bond acceptors (Lipinski definition) is 3. The second kappa shape index (κ2) is 6.08. The molecule has 0 N–H and O–H groups in total. The molecule has 2 fully saturated rings. The maximum absolute atomic E-state index is 13.5. The summed E-state index contributed by atoms with van der Waals surface area (Å²) in [6, 6.07) is 7.69. The average molecular weight is 313 g/mol. The van der Waals surface area contributed by atoms with Crippen LogP contribution in [-0.2, 0) is 0 Å². The lowest BCUT2D eigenvalue weighted by Gasteiger charge is -2.32. The summed E-state index contributed by atoms with van der Waals surface area (Å²) in [7, 11) is 0.